The van der Waals surface area contributed by atoms with Gasteiger partial charge in [-0.15, -0.1) is 0 Å². The number of rotatable bonds is 11. The minimum atomic E-state index is -0.651. The second kappa shape index (κ2) is 19.0. The highest BCUT2D eigenvalue weighted by Gasteiger charge is 2.51. The number of hydrogen-bond donors (Lipinski definition) is 6. The van der Waals surface area contributed by atoms with E-state index in [0.717, 1.165) is 87.1 Å². The maximum Gasteiger partial charge on any atom is 0.318 e. The van der Waals surface area contributed by atoms with Gasteiger partial charge in [-0.25, -0.2) is 19.6 Å². The van der Waals surface area contributed by atoms with Crippen LogP contribution in [-0.4, -0.2) is 137 Å². The van der Waals surface area contributed by atoms with E-state index in [1.807, 2.05) is 49.9 Å². The summed E-state index contributed by atoms with van der Waals surface area (Å²) < 4.78 is 0. The monoisotopic (exact) mass is 909 g/mol. The molecule has 6 N–H and O–H groups in total. The highest BCUT2D eigenvalue weighted by Crippen LogP contribution is 2.58. The van der Waals surface area contributed by atoms with Gasteiger partial charge in [0.15, 0.2) is 0 Å². The molecule has 0 unspecified atom stereocenters. The lowest BCUT2D eigenvalue weighted by molar-refractivity contribution is -0.136. The molecule has 6 amide bonds. The molecule has 1 aromatic carbocycles. The summed E-state index contributed by atoms with van der Waals surface area (Å²) in [7, 11) is 0. The first-order chi connectivity index (χ1) is 31.7. The minimum Gasteiger partial charge on any atom is -0.393 e. The van der Waals surface area contributed by atoms with Crippen LogP contribution < -0.4 is 10.6 Å². The van der Waals surface area contributed by atoms with E-state index >= 15 is 0 Å². The molecule has 2 aromatic heterocycles. The molecule has 3 aliphatic carbocycles. The van der Waals surface area contributed by atoms with Crippen molar-refractivity contribution >= 4 is 23.9 Å². The number of fused-ring (bicyclic) bond motifs is 3. The molecule has 358 valence electrons. The molecule has 16 nitrogen and oxygen atoms in total. The fourth-order valence-corrected chi connectivity index (χ4v) is 12.1. The molecule has 4 saturated heterocycles. The lowest BCUT2D eigenvalue weighted by Crippen LogP contribution is -2.55. The van der Waals surface area contributed by atoms with E-state index in [-0.39, 0.29) is 70.8 Å². The van der Waals surface area contributed by atoms with Crippen LogP contribution in [0.3, 0.4) is 0 Å². The Bertz CT molecular complexity index is 2180. The average Bonchev–Trinajstić information content (AvgIpc) is 4.18. The first-order valence-electron chi connectivity index (χ1n) is 25.0. The summed E-state index contributed by atoms with van der Waals surface area (Å²) in [5.74, 6) is 1.30. The molecular formula is C50H72N10O6. The summed E-state index contributed by atoms with van der Waals surface area (Å²) in [6.07, 6.45) is 15.2. The van der Waals surface area contributed by atoms with E-state index in [4.69, 9.17) is 9.97 Å². The summed E-state index contributed by atoms with van der Waals surface area (Å²) in [6.45, 7) is 11.1. The van der Waals surface area contributed by atoms with Gasteiger partial charge in [0.1, 0.15) is 23.7 Å². The van der Waals surface area contributed by atoms with Gasteiger partial charge in [-0.1, -0.05) is 52.0 Å². The summed E-state index contributed by atoms with van der Waals surface area (Å²) in [6, 6.07) is 6.86. The Morgan fingerprint density at radius 3 is 1.52 bits per heavy atom. The highest BCUT2D eigenvalue weighted by atomic mass is 16.3. The second-order valence-electron chi connectivity index (χ2n) is 21.2. The number of aromatic amines is 2. The standard InChI is InChI=1S/C50H72N10O6/c1-31(2)41(55-47(65)57-25-13-35(61)14-26-57)45(63)59-23-5-7-38(59)43-51-29-37(53-43)33-9-11-34(12-10-33)49-17-20-50(21-18-49,22-19-49)40-30-52-44(54-40)39-8-6-24-60(39)46(64)42(32(3)4)56-48(66)58-27-15-36(62)16-28-58/h9-12,29-32,35-36,38-39,41-42,61-62H,5-8,13-28H2,1-4H3,(H,51,53)(H,52,54)(H,55,65)(H,56,66)/t38-,39-,41-,42-,49?,50?/m0/s1. The molecule has 66 heavy (non-hydrogen) atoms. The molecule has 3 saturated carbocycles. The molecule has 7 fully saturated rings. The Kier molecular flexibility index (Phi) is 13.3. The highest BCUT2D eigenvalue weighted by molar-refractivity contribution is 5.88. The van der Waals surface area contributed by atoms with Gasteiger partial charge in [-0.2, -0.15) is 0 Å². The molecule has 3 aromatic rings. The van der Waals surface area contributed by atoms with E-state index in [1.165, 1.54) is 11.3 Å². The number of amides is 6. The minimum absolute atomic E-state index is 0.0389. The largest absolute Gasteiger partial charge is 0.393 e. The molecule has 0 radical (unpaired) electrons. The molecule has 4 aliphatic heterocycles. The van der Waals surface area contributed by atoms with Crippen LogP contribution in [-0.2, 0) is 20.4 Å². The van der Waals surface area contributed by atoms with Gasteiger partial charge >= 0.3 is 12.1 Å². The number of aromatic nitrogens is 4. The van der Waals surface area contributed by atoms with Gasteiger partial charge in [0, 0.05) is 56.6 Å². The van der Waals surface area contributed by atoms with Gasteiger partial charge in [0.05, 0.1) is 36.2 Å². The Balaban J connectivity index is 0.811. The normalized spacial score (nSPS) is 27.2. The van der Waals surface area contributed by atoms with E-state index in [2.05, 4.69) is 44.9 Å². The van der Waals surface area contributed by atoms with Crippen LogP contribution in [0.15, 0.2) is 36.7 Å². The SMILES string of the molecule is CC(C)[C@H](NC(=O)N1CCC(O)CC1)C(=O)N1CCC[C@H]1c1ncc(-c2ccc(C34CCC(c5cnc([C@@H]6CCCN6C(=O)[C@@H](NC(=O)N6CCC(O)CC6)C(C)C)[nH]5)(CC3)CC4)cc2)[nH]1. The van der Waals surface area contributed by atoms with Crippen molar-refractivity contribution < 1.29 is 29.4 Å². The Morgan fingerprint density at radius 1 is 0.606 bits per heavy atom. The summed E-state index contributed by atoms with van der Waals surface area (Å²) >= 11 is 0. The van der Waals surface area contributed by atoms with E-state index < -0.39 is 12.1 Å². The average molecular weight is 909 g/mol. The fraction of sp³-hybridized carbons (Fsp3) is 0.680. The van der Waals surface area contributed by atoms with Crippen molar-refractivity contribution in [3.63, 3.8) is 0 Å². The van der Waals surface area contributed by atoms with Crippen molar-refractivity contribution in [1.29, 1.82) is 0 Å². The maximum absolute atomic E-state index is 14.1. The van der Waals surface area contributed by atoms with Crippen LogP contribution in [0.2, 0.25) is 0 Å². The van der Waals surface area contributed by atoms with Crippen LogP contribution in [0.4, 0.5) is 9.59 Å². The summed E-state index contributed by atoms with van der Waals surface area (Å²) in [5.41, 5.74) is 4.70. The lowest BCUT2D eigenvalue weighted by Gasteiger charge is -2.53. The van der Waals surface area contributed by atoms with Gasteiger partial charge in [0.2, 0.25) is 11.8 Å². The van der Waals surface area contributed by atoms with Gasteiger partial charge < -0.3 is 50.4 Å². The van der Waals surface area contributed by atoms with Crippen LogP contribution in [0.5, 0.6) is 0 Å². The van der Waals surface area contributed by atoms with Crippen LogP contribution in [0.25, 0.3) is 11.3 Å². The van der Waals surface area contributed by atoms with Gasteiger partial charge in [0.25, 0.3) is 0 Å². The van der Waals surface area contributed by atoms with Crippen molar-refractivity contribution in [2.75, 3.05) is 39.3 Å². The van der Waals surface area contributed by atoms with Crippen molar-refractivity contribution in [3.05, 3.63) is 59.6 Å². The smallest absolute Gasteiger partial charge is 0.318 e. The van der Waals surface area contributed by atoms with Crippen molar-refractivity contribution in [2.45, 2.75) is 165 Å². The maximum atomic E-state index is 14.1. The van der Waals surface area contributed by atoms with Crippen LogP contribution in [0, 0.1) is 11.8 Å². The molecule has 2 bridgehead atoms. The molecular weight excluding hydrogens is 837 g/mol. The quantitative estimate of drug-likeness (QED) is 0.133. The zero-order chi connectivity index (χ0) is 46.3. The van der Waals surface area contributed by atoms with Crippen LogP contribution in [0.1, 0.15) is 153 Å². The predicted molar refractivity (Wildman–Crippen MR) is 249 cm³/mol. The van der Waals surface area contributed by atoms with E-state index in [0.29, 0.717) is 65.0 Å². The predicted octanol–water partition coefficient (Wildman–Crippen LogP) is 6.05. The molecule has 16 heteroatoms. The number of imidazole rings is 2. The molecule has 7 aliphatic rings. The molecule has 0 spiro atoms. The zero-order valence-electron chi connectivity index (χ0n) is 39.4. The number of aliphatic hydroxyl groups excluding tert-OH is 2. The second-order valence-corrected chi connectivity index (χ2v) is 21.2. The third-order valence-electron chi connectivity index (χ3n) is 16.4. The summed E-state index contributed by atoms with van der Waals surface area (Å²) in [5, 5.41) is 25.9. The van der Waals surface area contributed by atoms with Crippen molar-refractivity contribution in [2.24, 2.45) is 11.8 Å². The van der Waals surface area contributed by atoms with Crippen molar-refractivity contribution in [1.82, 2.24) is 50.2 Å². The van der Waals surface area contributed by atoms with Gasteiger partial charge in [-0.05, 0) is 118 Å². The number of carbonyl (C=O) groups is 4. The third-order valence-corrected chi connectivity index (χ3v) is 16.4. The number of aliphatic hydroxyl groups is 2. The number of likely N-dealkylation sites (tertiary alicyclic amines) is 4. The number of carbonyl (C=O) groups excluding carboxylic acids is 4. The fourth-order valence-electron chi connectivity index (χ4n) is 12.1. The number of nitrogens with zero attached hydrogens (tertiary/aromatic N) is 6. The molecule has 10 rings (SSSR count). The number of piperidine rings is 2. The Labute approximate surface area is 389 Å². The van der Waals surface area contributed by atoms with Gasteiger partial charge in [-0.3, -0.25) is 9.59 Å². The number of benzene rings is 1. The number of hydrogen-bond acceptors (Lipinski definition) is 8. The first-order valence-corrected chi connectivity index (χ1v) is 25.0. The van der Waals surface area contributed by atoms with E-state index in [1.54, 1.807) is 9.80 Å². The number of nitrogens with one attached hydrogen (secondary N) is 4. The summed E-state index contributed by atoms with van der Waals surface area (Å²) in [4.78, 5) is 78.8. The third kappa shape index (κ3) is 9.07. The van der Waals surface area contributed by atoms with Crippen molar-refractivity contribution in [3.8, 4) is 11.3 Å². The van der Waals surface area contributed by atoms with E-state index in [9.17, 15) is 29.4 Å². The number of H-pyrrole nitrogens is 2. The Hall–Kier alpha value is -4.96. The molecule has 4 atom stereocenters. The number of urea groups is 2. The topological polar surface area (TPSA) is 203 Å². The lowest BCUT2D eigenvalue weighted by atomic mass is 9.51. The van der Waals surface area contributed by atoms with Crippen LogP contribution >= 0.6 is 0 Å². The molecule has 6 heterocycles. The Morgan fingerprint density at radius 2 is 1.05 bits per heavy atom. The first kappa shape index (κ1) is 46.2. The zero-order valence-corrected chi connectivity index (χ0v) is 39.4.